The van der Waals surface area contributed by atoms with Gasteiger partial charge < -0.3 is 15.2 Å². The Morgan fingerprint density at radius 3 is 2.72 bits per heavy atom. The van der Waals surface area contributed by atoms with Gasteiger partial charge in [0.05, 0.1) is 7.11 Å². The lowest BCUT2D eigenvalue weighted by Crippen LogP contribution is -2.31. The molecule has 4 heteroatoms. The van der Waals surface area contributed by atoms with Gasteiger partial charge in [0.2, 0.25) is 0 Å². The minimum atomic E-state index is -0.351. The standard InChI is InChI=1S/C14H22FNO2/c1-4-12(7-8-17)16-10(2)11-5-6-13(15)14(9-11)18-3/h5-6,9-10,12,16-17H,4,7-8H2,1-3H3. The van der Waals surface area contributed by atoms with Gasteiger partial charge in [-0.25, -0.2) is 4.39 Å². The summed E-state index contributed by atoms with van der Waals surface area (Å²) in [5.74, 6) is -0.0905. The van der Waals surface area contributed by atoms with Gasteiger partial charge in [-0.15, -0.1) is 0 Å². The van der Waals surface area contributed by atoms with Crippen molar-refractivity contribution in [2.75, 3.05) is 13.7 Å². The Labute approximate surface area is 108 Å². The number of nitrogens with one attached hydrogen (secondary N) is 1. The summed E-state index contributed by atoms with van der Waals surface area (Å²) in [6, 6.07) is 5.23. The summed E-state index contributed by atoms with van der Waals surface area (Å²) < 4.78 is 18.3. The molecule has 0 aliphatic heterocycles. The average Bonchev–Trinajstić information content (AvgIpc) is 2.38. The molecule has 3 nitrogen and oxygen atoms in total. The number of hydrogen-bond donors (Lipinski definition) is 2. The van der Waals surface area contributed by atoms with E-state index in [-0.39, 0.29) is 30.3 Å². The molecule has 2 unspecified atom stereocenters. The summed E-state index contributed by atoms with van der Waals surface area (Å²) in [4.78, 5) is 0. The predicted molar refractivity (Wildman–Crippen MR) is 70.3 cm³/mol. The maximum Gasteiger partial charge on any atom is 0.165 e. The number of methoxy groups -OCH3 is 1. The molecule has 1 rings (SSSR count). The van der Waals surface area contributed by atoms with Crippen LogP contribution < -0.4 is 10.1 Å². The van der Waals surface area contributed by atoms with Gasteiger partial charge in [0.1, 0.15) is 0 Å². The molecule has 0 fully saturated rings. The number of rotatable bonds is 7. The van der Waals surface area contributed by atoms with Crippen LogP contribution in [-0.4, -0.2) is 24.9 Å². The van der Waals surface area contributed by atoms with Crippen LogP contribution in [0.15, 0.2) is 18.2 Å². The van der Waals surface area contributed by atoms with Crippen LogP contribution in [0.3, 0.4) is 0 Å². The van der Waals surface area contributed by atoms with Crippen LogP contribution in [0, 0.1) is 5.82 Å². The number of aliphatic hydroxyl groups excluding tert-OH is 1. The van der Waals surface area contributed by atoms with E-state index >= 15 is 0 Å². The van der Waals surface area contributed by atoms with Gasteiger partial charge in [-0.2, -0.15) is 0 Å². The molecule has 1 aromatic carbocycles. The van der Waals surface area contributed by atoms with E-state index in [1.165, 1.54) is 13.2 Å². The summed E-state index contributed by atoms with van der Waals surface area (Å²) in [6.45, 7) is 4.27. The summed E-state index contributed by atoms with van der Waals surface area (Å²) in [5, 5.41) is 12.4. The van der Waals surface area contributed by atoms with E-state index in [0.29, 0.717) is 0 Å². The first-order valence-electron chi connectivity index (χ1n) is 6.32. The van der Waals surface area contributed by atoms with Crippen LogP contribution in [0.5, 0.6) is 5.75 Å². The van der Waals surface area contributed by atoms with Crippen molar-refractivity contribution in [2.45, 2.75) is 38.8 Å². The van der Waals surface area contributed by atoms with Crippen molar-refractivity contribution < 1.29 is 14.2 Å². The quantitative estimate of drug-likeness (QED) is 0.787. The van der Waals surface area contributed by atoms with Gasteiger partial charge in [0.15, 0.2) is 11.6 Å². The second-order valence-corrected chi connectivity index (χ2v) is 4.40. The first kappa shape index (κ1) is 14.9. The molecule has 0 aromatic heterocycles. The normalized spacial score (nSPS) is 14.3. The molecule has 102 valence electrons. The Morgan fingerprint density at radius 1 is 1.44 bits per heavy atom. The fraction of sp³-hybridized carbons (Fsp3) is 0.571. The van der Waals surface area contributed by atoms with Crippen LogP contribution in [0.4, 0.5) is 4.39 Å². The molecular weight excluding hydrogens is 233 g/mol. The second kappa shape index (κ2) is 7.34. The van der Waals surface area contributed by atoms with Gasteiger partial charge >= 0.3 is 0 Å². The number of hydrogen-bond acceptors (Lipinski definition) is 3. The number of benzene rings is 1. The van der Waals surface area contributed by atoms with E-state index in [4.69, 9.17) is 9.84 Å². The van der Waals surface area contributed by atoms with Crippen LogP contribution in [0.25, 0.3) is 0 Å². The maximum absolute atomic E-state index is 13.3. The van der Waals surface area contributed by atoms with Gasteiger partial charge in [-0.3, -0.25) is 0 Å². The molecule has 0 saturated carbocycles. The van der Waals surface area contributed by atoms with E-state index in [0.717, 1.165) is 18.4 Å². The first-order valence-corrected chi connectivity index (χ1v) is 6.32. The van der Waals surface area contributed by atoms with Crippen molar-refractivity contribution in [1.82, 2.24) is 5.32 Å². The molecule has 0 heterocycles. The molecule has 2 atom stereocenters. The maximum atomic E-state index is 13.3. The molecule has 0 amide bonds. The zero-order chi connectivity index (χ0) is 13.5. The van der Waals surface area contributed by atoms with E-state index in [1.807, 2.05) is 6.92 Å². The summed E-state index contributed by atoms with van der Waals surface area (Å²) in [5.41, 5.74) is 0.977. The fourth-order valence-electron chi connectivity index (χ4n) is 1.96. The predicted octanol–water partition coefficient (Wildman–Crippen LogP) is 2.65. The van der Waals surface area contributed by atoms with Crippen LogP contribution in [-0.2, 0) is 0 Å². The largest absolute Gasteiger partial charge is 0.494 e. The third-order valence-electron chi connectivity index (χ3n) is 3.13. The van der Waals surface area contributed by atoms with E-state index in [1.54, 1.807) is 12.1 Å². The highest BCUT2D eigenvalue weighted by atomic mass is 19.1. The smallest absolute Gasteiger partial charge is 0.165 e. The minimum absolute atomic E-state index is 0.0935. The molecular formula is C14H22FNO2. The molecule has 1 aromatic rings. The number of halogens is 1. The van der Waals surface area contributed by atoms with Gasteiger partial charge in [-0.1, -0.05) is 13.0 Å². The van der Waals surface area contributed by atoms with E-state index in [2.05, 4.69) is 12.2 Å². The topological polar surface area (TPSA) is 41.5 Å². The second-order valence-electron chi connectivity index (χ2n) is 4.40. The minimum Gasteiger partial charge on any atom is -0.494 e. The SMILES string of the molecule is CCC(CCO)NC(C)c1ccc(F)c(OC)c1. The highest BCUT2D eigenvalue weighted by molar-refractivity contribution is 5.31. The molecule has 0 saturated heterocycles. The molecule has 0 spiro atoms. The monoisotopic (exact) mass is 255 g/mol. The van der Waals surface area contributed by atoms with E-state index in [9.17, 15) is 4.39 Å². The lowest BCUT2D eigenvalue weighted by Gasteiger charge is -2.22. The molecule has 0 bridgehead atoms. The third-order valence-corrected chi connectivity index (χ3v) is 3.13. The first-order chi connectivity index (χ1) is 8.62. The Kier molecular flexibility index (Phi) is 6.09. The van der Waals surface area contributed by atoms with Crippen molar-refractivity contribution in [3.63, 3.8) is 0 Å². The zero-order valence-corrected chi connectivity index (χ0v) is 11.2. The van der Waals surface area contributed by atoms with Gasteiger partial charge in [-0.05, 0) is 37.5 Å². The lowest BCUT2D eigenvalue weighted by molar-refractivity contribution is 0.257. The lowest BCUT2D eigenvalue weighted by atomic mass is 10.0. The highest BCUT2D eigenvalue weighted by Crippen LogP contribution is 2.23. The Balaban J connectivity index is 2.74. The van der Waals surface area contributed by atoms with Crippen LogP contribution in [0.2, 0.25) is 0 Å². The van der Waals surface area contributed by atoms with Crippen molar-refractivity contribution in [2.24, 2.45) is 0 Å². The number of aliphatic hydroxyl groups is 1. The van der Waals surface area contributed by atoms with Crippen LogP contribution >= 0.6 is 0 Å². The Morgan fingerprint density at radius 2 is 2.17 bits per heavy atom. The van der Waals surface area contributed by atoms with Crippen molar-refractivity contribution in [3.05, 3.63) is 29.6 Å². The van der Waals surface area contributed by atoms with Crippen molar-refractivity contribution in [3.8, 4) is 5.75 Å². The summed E-state index contributed by atoms with van der Waals surface area (Å²) in [7, 11) is 1.46. The highest BCUT2D eigenvalue weighted by Gasteiger charge is 2.13. The third kappa shape index (κ3) is 3.96. The molecule has 18 heavy (non-hydrogen) atoms. The van der Waals surface area contributed by atoms with Crippen LogP contribution in [0.1, 0.15) is 38.3 Å². The van der Waals surface area contributed by atoms with Crippen molar-refractivity contribution >= 4 is 0 Å². The molecule has 0 aliphatic rings. The van der Waals surface area contributed by atoms with Gasteiger partial charge in [0.25, 0.3) is 0 Å². The zero-order valence-electron chi connectivity index (χ0n) is 11.2. The molecule has 0 aliphatic carbocycles. The molecule has 2 N–H and O–H groups in total. The fourth-order valence-corrected chi connectivity index (χ4v) is 1.96. The number of ether oxygens (including phenoxy) is 1. The Bertz CT molecular complexity index is 371. The van der Waals surface area contributed by atoms with E-state index < -0.39 is 0 Å². The molecule has 0 radical (unpaired) electrons. The van der Waals surface area contributed by atoms with Gasteiger partial charge in [0, 0.05) is 18.7 Å². The summed E-state index contributed by atoms with van der Waals surface area (Å²) in [6.07, 6.45) is 1.67. The Hall–Kier alpha value is -1.13. The average molecular weight is 255 g/mol. The van der Waals surface area contributed by atoms with Crippen molar-refractivity contribution in [1.29, 1.82) is 0 Å². The summed E-state index contributed by atoms with van der Waals surface area (Å²) >= 11 is 0.